The molecule has 0 saturated carbocycles. The first-order chi connectivity index (χ1) is 12.2. The van der Waals surface area contributed by atoms with Crippen LogP contribution in [0.25, 0.3) is 11.0 Å². The zero-order chi connectivity index (χ0) is 17.5. The molecule has 0 unspecified atom stereocenters. The summed E-state index contributed by atoms with van der Waals surface area (Å²) >= 11 is 0. The summed E-state index contributed by atoms with van der Waals surface area (Å²) < 4.78 is 5.77. The Hall–Kier alpha value is -2.59. The quantitative estimate of drug-likeness (QED) is 0.610. The number of aryl methyl sites for hydroxylation is 1. The summed E-state index contributed by atoms with van der Waals surface area (Å²) in [4.78, 5) is 12.0. The third kappa shape index (κ3) is 4.94. The van der Waals surface area contributed by atoms with Gasteiger partial charge >= 0.3 is 0 Å². The van der Waals surface area contributed by atoms with E-state index in [-0.39, 0.29) is 5.91 Å². The molecule has 0 aliphatic heterocycles. The van der Waals surface area contributed by atoms with E-state index in [2.05, 4.69) is 22.8 Å². The lowest BCUT2D eigenvalue weighted by molar-refractivity contribution is 0.0953. The number of carbonyl (C=O) groups excluding carboxylic acids is 1. The summed E-state index contributed by atoms with van der Waals surface area (Å²) in [5.41, 5.74) is 2.80. The van der Waals surface area contributed by atoms with E-state index < -0.39 is 0 Å². The SMILES string of the molecule is Cc1ccc(C(=O)NCCCCNCc2cc3ccccc3o2)cc1. The highest BCUT2D eigenvalue weighted by Gasteiger charge is 2.04. The molecule has 3 aromatic rings. The molecular formula is C21H24N2O2. The smallest absolute Gasteiger partial charge is 0.251 e. The first-order valence-corrected chi connectivity index (χ1v) is 8.75. The predicted octanol–water partition coefficient (Wildman–Crippen LogP) is 4.04. The number of fused-ring (bicyclic) bond motifs is 1. The maximum atomic E-state index is 12.0. The highest BCUT2D eigenvalue weighted by atomic mass is 16.3. The number of nitrogens with one attached hydrogen (secondary N) is 2. The van der Waals surface area contributed by atoms with Crippen molar-refractivity contribution in [2.75, 3.05) is 13.1 Å². The van der Waals surface area contributed by atoms with Crippen LogP contribution in [0.1, 0.15) is 34.5 Å². The molecule has 0 spiro atoms. The van der Waals surface area contributed by atoms with E-state index in [4.69, 9.17) is 4.42 Å². The molecule has 0 fully saturated rings. The Morgan fingerprint density at radius 3 is 2.56 bits per heavy atom. The van der Waals surface area contributed by atoms with E-state index in [9.17, 15) is 4.79 Å². The number of amides is 1. The highest BCUT2D eigenvalue weighted by molar-refractivity contribution is 5.94. The van der Waals surface area contributed by atoms with Crippen LogP contribution >= 0.6 is 0 Å². The number of para-hydroxylation sites is 1. The van der Waals surface area contributed by atoms with Crippen molar-refractivity contribution in [1.82, 2.24) is 10.6 Å². The lowest BCUT2D eigenvalue weighted by atomic mass is 10.1. The second kappa shape index (κ2) is 8.49. The summed E-state index contributed by atoms with van der Waals surface area (Å²) in [5.74, 6) is 0.948. The lowest BCUT2D eigenvalue weighted by Gasteiger charge is -2.06. The van der Waals surface area contributed by atoms with Crippen molar-refractivity contribution < 1.29 is 9.21 Å². The molecule has 1 amide bonds. The van der Waals surface area contributed by atoms with Gasteiger partial charge in [-0.3, -0.25) is 4.79 Å². The third-order valence-electron chi connectivity index (χ3n) is 4.16. The molecule has 2 aromatic carbocycles. The molecule has 4 nitrogen and oxygen atoms in total. The van der Waals surface area contributed by atoms with E-state index in [1.165, 1.54) is 0 Å². The molecular weight excluding hydrogens is 312 g/mol. The molecule has 130 valence electrons. The summed E-state index contributed by atoms with van der Waals surface area (Å²) in [7, 11) is 0. The van der Waals surface area contributed by atoms with Crippen molar-refractivity contribution in [2.24, 2.45) is 0 Å². The molecule has 0 atom stereocenters. The van der Waals surface area contributed by atoms with Crippen LogP contribution in [-0.2, 0) is 6.54 Å². The first-order valence-electron chi connectivity index (χ1n) is 8.75. The van der Waals surface area contributed by atoms with Gasteiger partial charge in [-0.15, -0.1) is 0 Å². The van der Waals surface area contributed by atoms with Crippen LogP contribution in [0.2, 0.25) is 0 Å². The van der Waals surface area contributed by atoms with Crippen molar-refractivity contribution in [2.45, 2.75) is 26.3 Å². The van der Waals surface area contributed by atoms with Crippen LogP contribution in [0.3, 0.4) is 0 Å². The highest BCUT2D eigenvalue weighted by Crippen LogP contribution is 2.18. The minimum absolute atomic E-state index is 0.00441. The maximum absolute atomic E-state index is 12.0. The van der Waals surface area contributed by atoms with Crippen molar-refractivity contribution in [3.63, 3.8) is 0 Å². The monoisotopic (exact) mass is 336 g/mol. The van der Waals surface area contributed by atoms with Gasteiger partial charge in [0.25, 0.3) is 5.91 Å². The molecule has 0 radical (unpaired) electrons. The summed E-state index contributed by atoms with van der Waals surface area (Å²) in [5, 5.41) is 7.48. The van der Waals surface area contributed by atoms with Gasteiger partial charge < -0.3 is 15.1 Å². The minimum atomic E-state index is -0.00441. The molecule has 3 rings (SSSR count). The zero-order valence-corrected chi connectivity index (χ0v) is 14.5. The Labute approximate surface area is 148 Å². The van der Waals surface area contributed by atoms with Crippen molar-refractivity contribution in [1.29, 1.82) is 0 Å². The minimum Gasteiger partial charge on any atom is -0.460 e. The fraction of sp³-hybridized carbons (Fsp3) is 0.286. The molecule has 0 aliphatic carbocycles. The number of furan rings is 1. The van der Waals surface area contributed by atoms with Crippen LogP contribution in [0.15, 0.2) is 59.0 Å². The largest absolute Gasteiger partial charge is 0.460 e. The number of hydrogen-bond donors (Lipinski definition) is 2. The predicted molar refractivity (Wildman–Crippen MR) is 101 cm³/mol. The summed E-state index contributed by atoms with van der Waals surface area (Å²) in [6.07, 6.45) is 1.96. The average Bonchev–Trinajstić information content (AvgIpc) is 3.04. The number of carbonyl (C=O) groups is 1. The van der Waals surface area contributed by atoms with Gasteiger partial charge in [0.15, 0.2) is 0 Å². The van der Waals surface area contributed by atoms with Gasteiger partial charge in [0.1, 0.15) is 11.3 Å². The van der Waals surface area contributed by atoms with Crippen LogP contribution in [0.5, 0.6) is 0 Å². The zero-order valence-electron chi connectivity index (χ0n) is 14.5. The van der Waals surface area contributed by atoms with Gasteiger partial charge in [0.05, 0.1) is 6.54 Å². The van der Waals surface area contributed by atoms with Gasteiger partial charge in [-0.25, -0.2) is 0 Å². The first kappa shape index (κ1) is 17.2. The third-order valence-corrected chi connectivity index (χ3v) is 4.16. The van der Waals surface area contributed by atoms with E-state index in [1.807, 2.05) is 49.4 Å². The number of rotatable bonds is 8. The second-order valence-corrected chi connectivity index (χ2v) is 6.26. The average molecular weight is 336 g/mol. The Morgan fingerprint density at radius 2 is 1.76 bits per heavy atom. The molecule has 1 aromatic heterocycles. The van der Waals surface area contributed by atoms with E-state index >= 15 is 0 Å². The summed E-state index contributed by atoms with van der Waals surface area (Å²) in [6.45, 7) is 4.33. The Bertz CT molecular complexity index is 788. The Morgan fingerprint density at radius 1 is 1.00 bits per heavy atom. The standard InChI is InChI=1S/C21H24N2O2/c1-16-8-10-17(11-9-16)21(24)23-13-5-4-12-22-15-19-14-18-6-2-3-7-20(18)25-19/h2-3,6-11,14,22H,4-5,12-13,15H2,1H3,(H,23,24). The molecule has 4 heteroatoms. The molecule has 0 saturated heterocycles. The van der Waals surface area contributed by atoms with Gasteiger partial charge in [-0.1, -0.05) is 35.9 Å². The van der Waals surface area contributed by atoms with E-state index in [0.717, 1.165) is 48.2 Å². The van der Waals surface area contributed by atoms with E-state index in [0.29, 0.717) is 12.1 Å². The molecule has 0 bridgehead atoms. The lowest BCUT2D eigenvalue weighted by Crippen LogP contribution is -2.25. The van der Waals surface area contributed by atoms with Crippen LogP contribution in [-0.4, -0.2) is 19.0 Å². The number of benzene rings is 2. The van der Waals surface area contributed by atoms with Gasteiger partial charge in [0.2, 0.25) is 0 Å². The van der Waals surface area contributed by atoms with Crippen molar-refractivity contribution in [3.05, 3.63) is 71.5 Å². The Kier molecular flexibility index (Phi) is 5.86. The van der Waals surface area contributed by atoms with E-state index in [1.54, 1.807) is 0 Å². The maximum Gasteiger partial charge on any atom is 0.251 e. The molecule has 0 aliphatic rings. The fourth-order valence-corrected chi connectivity index (χ4v) is 2.72. The molecule has 2 N–H and O–H groups in total. The number of hydrogen-bond acceptors (Lipinski definition) is 3. The molecule has 25 heavy (non-hydrogen) atoms. The number of unbranched alkanes of at least 4 members (excludes halogenated alkanes) is 1. The van der Waals surface area contributed by atoms with Gasteiger partial charge in [-0.2, -0.15) is 0 Å². The van der Waals surface area contributed by atoms with Gasteiger partial charge in [0, 0.05) is 17.5 Å². The van der Waals surface area contributed by atoms with Crippen LogP contribution in [0.4, 0.5) is 0 Å². The fourth-order valence-electron chi connectivity index (χ4n) is 2.72. The summed E-state index contributed by atoms with van der Waals surface area (Å²) in [6, 6.07) is 17.7. The van der Waals surface area contributed by atoms with Crippen LogP contribution in [0, 0.1) is 6.92 Å². The van der Waals surface area contributed by atoms with Gasteiger partial charge in [-0.05, 0) is 50.6 Å². The van der Waals surface area contributed by atoms with Crippen molar-refractivity contribution in [3.8, 4) is 0 Å². The normalized spacial score (nSPS) is 10.9. The molecule has 1 heterocycles. The van der Waals surface area contributed by atoms with Crippen molar-refractivity contribution >= 4 is 16.9 Å². The van der Waals surface area contributed by atoms with Crippen LogP contribution < -0.4 is 10.6 Å². The topological polar surface area (TPSA) is 54.3 Å². The second-order valence-electron chi connectivity index (χ2n) is 6.26. The Balaban J connectivity index is 1.30.